The summed E-state index contributed by atoms with van der Waals surface area (Å²) in [5.41, 5.74) is 3.36. The van der Waals surface area contributed by atoms with Crippen molar-refractivity contribution in [3.05, 3.63) is 68.8 Å². The molecule has 5 nitrogen and oxygen atoms in total. The van der Waals surface area contributed by atoms with E-state index in [9.17, 15) is 9.59 Å². The van der Waals surface area contributed by atoms with E-state index < -0.39 is 0 Å². The molecule has 0 radical (unpaired) electrons. The Bertz CT molecular complexity index is 1170. The summed E-state index contributed by atoms with van der Waals surface area (Å²) in [4.78, 5) is 31.5. The molecule has 0 aliphatic heterocycles. The van der Waals surface area contributed by atoms with E-state index in [-0.39, 0.29) is 17.2 Å². The molecule has 1 aliphatic rings. The number of rotatable bonds is 8. The topological polar surface area (TPSA) is 65.2 Å². The van der Waals surface area contributed by atoms with Gasteiger partial charge in [-0.3, -0.25) is 4.79 Å². The lowest BCUT2D eigenvalue weighted by atomic mass is 9.97. The lowest BCUT2D eigenvalue weighted by Gasteiger charge is -2.10. The number of carbonyl (C=O) groups is 1. The van der Waals surface area contributed by atoms with Crippen molar-refractivity contribution in [2.24, 2.45) is 0 Å². The molecule has 162 valence electrons. The molecule has 2 aromatic heterocycles. The highest BCUT2D eigenvalue weighted by molar-refractivity contribution is 7.99. The van der Waals surface area contributed by atoms with E-state index in [2.05, 4.69) is 29.0 Å². The van der Waals surface area contributed by atoms with Crippen LogP contribution in [0, 0.1) is 0 Å². The van der Waals surface area contributed by atoms with Crippen molar-refractivity contribution in [3.8, 4) is 0 Å². The van der Waals surface area contributed by atoms with Crippen molar-refractivity contribution in [1.82, 2.24) is 9.88 Å². The largest absolute Gasteiger partial charge is 0.355 e. The minimum Gasteiger partial charge on any atom is -0.355 e. The maximum absolute atomic E-state index is 13.4. The fraction of sp³-hybridized carbons (Fsp3) is 0.375. The molecule has 1 aliphatic carbocycles. The zero-order valence-corrected chi connectivity index (χ0v) is 19.5. The van der Waals surface area contributed by atoms with Crippen LogP contribution in [0.25, 0.3) is 10.2 Å². The number of fused-ring (bicyclic) bond motifs is 3. The molecule has 0 spiro atoms. The number of nitrogens with one attached hydrogen (secondary N) is 2. The van der Waals surface area contributed by atoms with Gasteiger partial charge in [-0.25, -0.2) is 9.78 Å². The Morgan fingerprint density at radius 2 is 2.03 bits per heavy atom. The molecule has 2 heterocycles. The number of aromatic nitrogens is 2. The molecule has 3 aromatic rings. The zero-order valence-electron chi connectivity index (χ0n) is 17.8. The van der Waals surface area contributed by atoms with Gasteiger partial charge in [0, 0.05) is 11.4 Å². The summed E-state index contributed by atoms with van der Waals surface area (Å²) in [6.07, 6.45) is 5.15. The van der Waals surface area contributed by atoms with Gasteiger partial charge in [0.25, 0.3) is 0 Å². The first-order valence-electron chi connectivity index (χ1n) is 10.7. The van der Waals surface area contributed by atoms with E-state index in [0.29, 0.717) is 13.1 Å². The molecule has 2 N–H and O–H groups in total. The molecule has 0 saturated carbocycles. The van der Waals surface area contributed by atoms with Crippen LogP contribution in [-0.2, 0) is 30.6 Å². The normalized spacial score (nSPS) is 13.2. The highest BCUT2D eigenvalue weighted by Gasteiger charge is 2.26. The van der Waals surface area contributed by atoms with Crippen LogP contribution in [0.2, 0.25) is 0 Å². The van der Waals surface area contributed by atoms with E-state index in [1.807, 2.05) is 25.1 Å². The third-order valence-electron chi connectivity index (χ3n) is 5.44. The summed E-state index contributed by atoms with van der Waals surface area (Å²) in [6.45, 7) is 6.97. The van der Waals surface area contributed by atoms with Gasteiger partial charge < -0.3 is 5.32 Å². The number of thioether (sulfide) groups is 1. The van der Waals surface area contributed by atoms with E-state index in [4.69, 9.17) is 0 Å². The molecular weight excluding hydrogens is 426 g/mol. The number of hydrogen-bond acceptors (Lipinski definition) is 4. The van der Waals surface area contributed by atoms with Crippen LogP contribution in [0.15, 0.2) is 52.4 Å². The number of amides is 1. The van der Waals surface area contributed by atoms with Crippen LogP contribution < -0.4 is 15.9 Å². The van der Waals surface area contributed by atoms with E-state index in [0.717, 1.165) is 46.6 Å². The van der Waals surface area contributed by atoms with Gasteiger partial charge in [0.05, 0.1) is 5.75 Å². The summed E-state index contributed by atoms with van der Waals surface area (Å²) in [7, 11) is 0. The van der Waals surface area contributed by atoms with Crippen molar-refractivity contribution >= 4 is 39.2 Å². The third-order valence-corrected chi connectivity index (χ3v) is 7.65. The summed E-state index contributed by atoms with van der Waals surface area (Å²) in [5.74, 6) is 0.228. The number of benzene rings is 1. The molecule has 0 unspecified atom stereocenters. The van der Waals surface area contributed by atoms with Crippen LogP contribution in [0.1, 0.15) is 35.8 Å². The van der Waals surface area contributed by atoms with Crippen molar-refractivity contribution in [2.45, 2.75) is 50.7 Å². The van der Waals surface area contributed by atoms with Crippen LogP contribution in [-0.4, -0.2) is 22.8 Å². The summed E-state index contributed by atoms with van der Waals surface area (Å²) in [6, 6.07) is 10.1. The lowest BCUT2D eigenvalue weighted by Crippen LogP contribution is -2.32. The van der Waals surface area contributed by atoms with Crippen molar-refractivity contribution in [3.63, 3.8) is 0 Å². The second kappa shape index (κ2) is 9.83. The van der Waals surface area contributed by atoms with Gasteiger partial charge in [0.15, 0.2) is 4.83 Å². The van der Waals surface area contributed by atoms with E-state index >= 15 is 0 Å². The van der Waals surface area contributed by atoms with Gasteiger partial charge in [-0.05, 0) is 67.5 Å². The summed E-state index contributed by atoms with van der Waals surface area (Å²) in [5, 5.41) is 4.53. The fourth-order valence-corrected chi connectivity index (χ4v) is 6.17. The Kier molecular flexibility index (Phi) is 6.92. The van der Waals surface area contributed by atoms with Crippen LogP contribution in [0.3, 0.4) is 0 Å². The van der Waals surface area contributed by atoms with Crippen LogP contribution >= 0.6 is 23.1 Å². The van der Waals surface area contributed by atoms with Crippen molar-refractivity contribution < 1.29 is 9.78 Å². The van der Waals surface area contributed by atoms with Crippen molar-refractivity contribution in [2.75, 3.05) is 12.3 Å². The molecule has 31 heavy (non-hydrogen) atoms. The summed E-state index contributed by atoms with van der Waals surface area (Å²) >= 11 is 3.08. The molecule has 0 saturated heterocycles. The second-order valence-corrected chi connectivity index (χ2v) is 10.1. The Morgan fingerprint density at radius 1 is 1.26 bits per heavy atom. The van der Waals surface area contributed by atoms with E-state index in [1.165, 1.54) is 34.2 Å². The first-order chi connectivity index (χ1) is 15.0. The summed E-state index contributed by atoms with van der Waals surface area (Å²) < 4.78 is 1.74. The minimum absolute atomic E-state index is 0.0307. The number of H-pyrrole nitrogens is 1. The molecule has 0 atom stereocenters. The van der Waals surface area contributed by atoms with Gasteiger partial charge in [-0.2, -0.15) is 4.57 Å². The maximum Gasteiger partial charge on any atom is 0.347 e. The predicted molar refractivity (Wildman–Crippen MR) is 128 cm³/mol. The van der Waals surface area contributed by atoms with Gasteiger partial charge >= 0.3 is 10.7 Å². The highest BCUT2D eigenvalue weighted by Crippen LogP contribution is 2.33. The molecular formula is C24H28N3O2S2+. The second-order valence-electron chi connectivity index (χ2n) is 8.07. The Balaban J connectivity index is 1.50. The number of hydrogen-bond donors (Lipinski definition) is 1. The van der Waals surface area contributed by atoms with Gasteiger partial charge in [0.1, 0.15) is 11.9 Å². The Hall–Kier alpha value is -2.38. The SMILES string of the molecule is C=C(C)Cn1c(SCC(=O)NCCc2ccccc2)[nH+]c2sc3c(c2c1=O)CCCC3. The Labute approximate surface area is 190 Å². The Morgan fingerprint density at radius 3 is 2.81 bits per heavy atom. The minimum atomic E-state index is -0.0331. The molecule has 4 rings (SSSR count). The monoisotopic (exact) mass is 454 g/mol. The lowest BCUT2D eigenvalue weighted by molar-refractivity contribution is -0.404. The van der Waals surface area contributed by atoms with Crippen molar-refractivity contribution in [1.29, 1.82) is 0 Å². The molecule has 7 heteroatoms. The van der Waals surface area contributed by atoms with Gasteiger partial charge in [-0.15, -0.1) is 0 Å². The molecule has 1 aromatic carbocycles. The number of nitrogens with zero attached hydrogens (tertiary/aromatic N) is 1. The van der Waals surface area contributed by atoms with Crippen LogP contribution in [0.4, 0.5) is 0 Å². The third kappa shape index (κ3) is 5.10. The number of carbonyl (C=O) groups excluding carboxylic acids is 1. The van der Waals surface area contributed by atoms with Gasteiger partial charge in [-0.1, -0.05) is 48.2 Å². The maximum atomic E-state index is 13.4. The number of allylic oxidation sites excluding steroid dienone is 1. The molecule has 1 amide bonds. The quantitative estimate of drug-likeness (QED) is 0.320. The average Bonchev–Trinajstić information content (AvgIpc) is 3.13. The average molecular weight is 455 g/mol. The zero-order chi connectivity index (χ0) is 21.8. The molecule has 0 fully saturated rings. The van der Waals surface area contributed by atoms with Crippen LogP contribution in [0.5, 0.6) is 0 Å². The number of thiophene rings is 1. The highest BCUT2D eigenvalue weighted by atomic mass is 32.2. The smallest absolute Gasteiger partial charge is 0.347 e. The first kappa shape index (κ1) is 21.8. The molecule has 0 bridgehead atoms. The first-order valence-corrected chi connectivity index (χ1v) is 12.5. The predicted octanol–water partition coefficient (Wildman–Crippen LogP) is 3.78. The number of aryl methyl sites for hydroxylation is 2. The standard InChI is InChI=1S/C24H27N3O2S2/c1-16(2)14-27-23(29)21-18-10-6-7-11-19(18)31-22(21)26-24(27)30-15-20(28)25-13-12-17-8-4-3-5-9-17/h3-5,8-9H,1,6-7,10-15H2,2H3,(H,25,28)/p+1. The van der Waals surface area contributed by atoms with Gasteiger partial charge in [0.2, 0.25) is 5.91 Å². The van der Waals surface area contributed by atoms with E-state index in [1.54, 1.807) is 15.9 Å². The fourth-order valence-electron chi connectivity index (χ4n) is 3.98. The number of aromatic amines is 1.